The average molecular weight is 313 g/mol. The number of carboxylic acids is 1. The number of carboxylic acid groups (broad SMARTS) is 1. The Kier molecular flexibility index (Phi) is 10.8. The maximum Gasteiger partial charge on any atom is 0.310 e. The summed E-state index contributed by atoms with van der Waals surface area (Å²) in [7, 11) is 0. The van der Waals surface area contributed by atoms with Crippen molar-refractivity contribution in [3.8, 4) is 0 Å². The molecule has 0 rings (SSSR count). The molecule has 1 N–H and O–H groups in total. The average Bonchev–Trinajstić information content (AvgIpc) is 2.51. The predicted octanol–water partition coefficient (Wildman–Crippen LogP) is 6.82. The maximum absolute atomic E-state index is 12.4. The summed E-state index contributed by atoms with van der Waals surface area (Å²) in [5, 5.41) is 10.2. The van der Waals surface area contributed by atoms with Crippen LogP contribution in [0.5, 0.6) is 0 Å². The summed E-state index contributed by atoms with van der Waals surface area (Å²) in [5.41, 5.74) is -0.535. The summed E-state index contributed by atoms with van der Waals surface area (Å²) in [5.74, 6) is -0.538. The van der Waals surface area contributed by atoms with Crippen LogP contribution in [-0.4, -0.2) is 11.1 Å². The van der Waals surface area contributed by atoms with E-state index in [4.69, 9.17) is 0 Å². The predicted molar refractivity (Wildman–Crippen MR) is 96.3 cm³/mol. The zero-order valence-electron chi connectivity index (χ0n) is 15.8. The fraction of sp³-hybridized carbons (Fsp3) is 0.950. The van der Waals surface area contributed by atoms with Gasteiger partial charge in [0.05, 0.1) is 5.41 Å². The highest BCUT2D eigenvalue weighted by atomic mass is 16.4. The van der Waals surface area contributed by atoms with Crippen LogP contribution in [0.4, 0.5) is 0 Å². The minimum atomic E-state index is -0.538. The highest BCUT2D eigenvalue weighted by molar-refractivity contribution is 5.75. The van der Waals surface area contributed by atoms with Gasteiger partial charge in [-0.1, -0.05) is 79.6 Å². The molecule has 22 heavy (non-hydrogen) atoms. The van der Waals surface area contributed by atoms with Gasteiger partial charge in [0.15, 0.2) is 0 Å². The van der Waals surface area contributed by atoms with Crippen LogP contribution in [0.15, 0.2) is 0 Å². The Balaban J connectivity index is 5.78. The molecule has 1 atom stereocenters. The topological polar surface area (TPSA) is 37.3 Å². The van der Waals surface area contributed by atoms with Gasteiger partial charge in [-0.3, -0.25) is 4.79 Å². The van der Waals surface area contributed by atoms with Crippen LogP contribution in [0.3, 0.4) is 0 Å². The number of hydrogen-bond acceptors (Lipinski definition) is 1. The molecule has 0 saturated carbocycles. The number of rotatable bonds is 14. The van der Waals surface area contributed by atoms with Crippen molar-refractivity contribution in [3.63, 3.8) is 0 Å². The number of carbonyl (C=O) groups is 1. The maximum atomic E-state index is 12.4. The number of hydrogen-bond donors (Lipinski definition) is 1. The van der Waals surface area contributed by atoms with Gasteiger partial charge in [-0.05, 0) is 37.5 Å². The van der Waals surface area contributed by atoms with Crippen LogP contribution in [-0.2, 0) is 4.79 Å². The third-order valence-corrected chi connectivity index (χ3v) is 5.73. The van der Waals surface area contributed by atoms with Crippen molar-refractivity contribution in [1.82, 2.24) is 0 Å². The van der Waals surface area contributed by atoms with Crippen molar-refractivity contribution in [2.45, 2.75) is 112 Å². The van der Waals surface area contributed by atoms with Crippen LogP contribution in [0, 0.1) is 10.8 Å². The number of aliphatic carboxylic acids is 1. The Morgan fingerprint density at radius 2 is 1.18 bits per heavy atom. The Labute approximate surface area is 139 Å². The first kappa shape index (κ1) is 21.5. The Hall–Kier alpha value is -0.530. The quantitative estimate of drug-likeness (QED) is 0.382. The molecule has 0 radical (unpaired) electrons. The Morgan fingerprint density at radius 1 is 0.727 bits per heavy atom. The molecule has 0 fully saturated rings. The van der Waals surface area contributed by atoms with E-state index in [1.54, 1.807) is 0 Å². The zero-order valence-corrected chi connectivity index (χ0v) is 15.8. The van der Waals surface area contributed by atoms with Crippen molar-refractivity contribution in [3.05, 3.63) is 0 Å². The molecule has 0 spiro atoms. The van der Waals surface area contributed by atoms with Crippen molar-refractivity contribution < 1.29 is 9.90 Å². The van der Waals surface area contributed by atoms with Gasteiger partial charge in [-0.25, -0.2) is 0 Å². The Morgan fingerprint density at radius 3 is 1.50 bits per heavy atom. The van der Waals surface area contributed by atoms with Crippen molar-refractivity contribution >= 4 is 5.97 Å². The molecule has 0 aliphatic heterocycles. The molecule has 0 aromatic rings. The highest BCUT2D eigenvalue weighted by Gasteiger charge is 2.53. The van der Waals surface area contributed by atoms with Gasteiger partial charge >= 0.3 is 5.97 Å². The minimum absolute atomic E-state index is 0.0104. The molecule has 0 amide bonds. The molecule has 0 aromatic heterocycles. The highest BCUT2D eigenvalue weighted by Crippen LogP contribution is 2.55. The minimum Gasteiger partial charge on any atom is -0.481 e. The first-order chi connectivity index (χ1) is 10.5. The van der Waals surface area contributed by atoms with E-state index in [0.29, 0.717) is 0 Å². The second kappa shape index (κ2) is 11.1. The van der Waals surface area contributed by atoms with E-state index < -0.39 is 11.4 Å². The SMILES string of the molecule is CCCCC(CCC)(CCCC)C(CC)(CCCC)C(=O)O. The lowest BCUT2D eigenvalue weighted by molar-refractivity contribution is -0.163. The summed E-state index contributed by atoms with van der Waals surface area (Å²) < 4.78 is 0. The first-order valence-electron chi connectivity index (χ1n) is 9.73. The molecular weight excluding hydrogens is 272 g/mol. The zero-order chi connectivity index (χ0) is 17.1. The van der Waals surface area contributed by atoms with Crippen molar-refractivity contribution in [1.29, 1.82) is 0 Å². The van der Waals surface area contributed by atoms with E-state index in [9.17, 15) is 9.90 Å². The fourth-order valence-corrected chi connectivity index (χ4v) is 4.38. The van der Waals surface area contributed by atoms with E-state index in [2.05, 4.69) is 34.6 Å². The Bertz CT molecular complexity index is 290. The van der Waals surface area contributed by atoms with Gasteiger partial charge in [0.25, 0.3) is 0 Å². The summed E-state index contributed by atoms with van der Waals surface area (Å²) in [4.78, 5) is 12.4. The van der Waals surface area contributed by atoms with E-state index in [0.717, 1.165) is 77.0 Å². The van der Waals surface area contributed by atoms with E-state index in [1.807, 2.05) is 0 Å². The monoisotopic (exact) mass is 312 g/mol. The lowest BCUT2D eigenvalue weighted by Gasteiger charge is -2.49. The lowest BCUT2D eigenvalue weighted by atomic mass is 9.54. The number of unbranched alkanes of at least 4 members (excludes halogenated alkanes) is 3. The second-order valence-electron chi connectivity index (χ2n) is 7.08. The van der Waals surface area contributed by atoms with Gasteiger partial charge in [0, 0.05) is 0 Å². The van der Waals surface area contributed by atoms with Gasteiger partial charge in [-0.2, -0.15) is 0 Å². The van der Waals surface area contributed by atoms with Gasteiger partial charge in [0.1, 0.15) is 0 Å². The molecular formula is C20H40O2. The van der Waals surface area contributed by atoms with Crippen LogP contribution >= 0.6 is 0 Å². The third-order valence-electron chi connectivity index (χ3n) is 5.73. The van der Waals surface area contributed by atoms with Crippen molar-refractivity contribution in [2.75, 3.05) is 0 Å². The summed E-state index contributed by atoms with van der Waals surface area (Å²) in [6.07, 6.45) is 12.7. The second-order valence-corrected chi connectivity index (χ2v) is 7.08. The molecule has 0 saturated heterocycles. The van der Waals surface area contributed by atoms with Crippen LogP contribution < -0.4 is 0 Å². The van der Waals surface area contributed by atoms with Crippen molar-refractivity contribution in [2.24, 2.45) is 10.8 Å². The van der Waals surface area contributed by atoms with E-state index >= 15 is 0 Å². The molecule has 0 aliphatic carbocycles. The van der Waals surface area contributed by atoms with Crippen LogP contribution in [0.1, 0.15) is 112 Å². The third kappa shape index (κ3) is 4.99. The lowest BCUT2D eigenvalue weighted by Crippen LogP contribution is -2.48. The standard InChI is InChI=1S/C20H40O2/c1-6-11-15-19(14-9-4,16-12-7-2)20(10-5,18(21)22)17-13-8-3/h6-17H2,1-5H3,(H,21,22). The molecule has 2 nitrogen and oxygen atoms in total. The van der Waals surface area contributed by atoms with Crippen LogP contribution in [0.25, 0.3) is 0 Å². The molecule has 0 aromatic carbocycles. The molecule has 1 unspecified atom stereocenters. The van der Waals surface area contributed by atoms with Crippen LogP contribution in [0.2, 0.25) is 0 Å². The summed E-state index contributed by atoms with van der Waals surface area (Å²) >= 11 is 0. The largest absolute Gasteiger partial charge is 0.481 e. The molecule has 0 bridgehead atoms. The molecule has 0 aliphatic rings. The summed E-state index contributed by atoms with van der Waals surface area (Å²) in [6, 6.07) is 0. The van der Waals surface area contributed by atoms with Gasteiger partial charge in [-0.15, -0.1) is 0 Å². The molecule has 132 valence electrons. The van der Waals surface area contributed by atoms with Gasteiger partial charge < -0.3 is 5.11 Å². The van der Waals surface area contributed by atoms with Gasteiger partial charge in [0.2, 0.25) is 0 Å². The first-order valence-corrected chi connectivity index (χ1v) is 9.73. The fourth-order valence-electron chi connectivity index (χ4n) is 4.38. The van der Waals surface area contributed by atoms with E-state index in [1.165, 1.54) is 0 Å². The molecule has 2 heteroatoms. The van der Waals surface area contributed by atoms with E-state index in [-0.39, 0.29) is 5.41 Å². The smallest absolute Gasteiger partial charge is 0.310 e. The summed E-state index contributed by atoms with van der Waals surface area (Å²) in [6.45, 7) is 10.9. The molecule has 0 heterocycles. The normalized spacial score (nSPS) is 14.8.